The number of rotatable bonds is 5. The SMILES string of the molecule is CC(N)C(N)c1cc(C(F)(F)F)c(-c2cnc3c(Nc4ccc(C(F)(F)F)cn4)ccnc3n2)nn1. The van der Waals surface area contributed by atoms with Crippen molar-refractivity contribution in [1.82, 2.24) is 30.1 Å². The first kappa shape index (κ1) is 25.1. The fourth-order valence-corrected chi connectivity index (χ4v) is 3.15. The van der Waals surface area contributed by atoms with Crippen molar-refractivity contribution < 1.29 is 26.3 Å². The molecular weight excluding hydrogens is 492 g/mol. The van der Waals surface area contributed by atoms with Crippen molar-refractivity contribution in [3.8, 4) is 11.4 Å². The molecule has 0 amide bonds. The van der Waals surface area contributed by atoms with E-state index in [9.17, 15) is 26.3 Å². The molecule has 4 heterocycles. The second-order valence-corrected chi connectivity index (χ2v) is 7.75. The van der Waals surface area contributed by atoms with Crippen LogP contribution in [0.1, 0.15) is 29.8 Å². The molecule has 5 N–H and O–H groups in total. The van der Waals surface area contributed by atoms with Crippen LogP contribution in [0.15, 0.2) is 42.9 Å². The lowest BCUT2D eigenvalue weighted by Gasteiger charge is -2.17. The van der Waals surface area contributed by atoms with Crippen LogP contribution in [0, 0.1) is 0 Å². The van der Waals surface area contributed by atoms with Gasteiger partial charge < -0.3 is 16.8 Å². The minimum Gasteiger partial charge on any atom is -0.338 e. The number of anilines is 2. The van der Waals surface area contributed by atoms with E-state index in [4.69, 9.17) is 11.5 Å². The summed E-state index contributed by atoms with van der Waals surface area (Å²) in [6, 6.07) is 2.56. The lowest BCUT2D eigenvalue weighted by molar-refractivity contribution is -0.138. The Morgan fingerprint density at radius 1 is 0.889 bits per heavy atom. The van der Waals surface area contributed by atoms with Crippen molar-refractivity contribution in [2.24, 2.45) is 11.5 Å². The third-order valence-electron chi connectivity index (χ3n) is 5.07. The van der Waals surface area contributed by atoms with Gasteiger partial charge in [0.25, 0.3) is 0 Å². The Morgan fingerprint density at radius 2 is 1.64 bits per heavy atom. The fraction of sp³-hybridized carbons (Fsp3) is 0.238. The molecule has 0 saturated heterocycles. The minimum absolute atomic E-state index is 0.0457. The molecule has 0 spiro atoms. The smallest absolute Gasteiger partial charge is 0.338 e. The van der Waals surface area contributed by atoms with Crippen LogP contribution >= 0.6 is 0 Å². The van der Waals surface area contributed by atoms with Crippen LogP contribution in [-0.2, 0) is 12.4 Å². The molecule has 0 aliphatic carbocycles. The number of pyridine rings is 2. The molecule has 4 aromatic rings. The van der Waals surface area contributed by atoms with Gasteiger partial charge in [-0.2, -0.15) is 31.4 Å². The van der Waals surface area contributed by atoms with Crippen molar-refractivity contribution in [2.75, 3.05) is 5.32 Å². The highest BCUT2D eigenvalue weighted by Crippen LogP contribution is 2.36. The second kappa shape index (κ2) is 9.23. The van der Waals surface area contributed by atoms with Crippen LogP contribution < -0.4 is 16.8 Å². The van der Waals surface area contributed by atoms with Crippen molar-refractivity contribution in [3.63, 3.8) is 0 Å². The van der Waals surface area contributed by atoms with Gasteiger partial charge in [-0.1, -0.05) is 0 Å². The van der Waals surface area contributed by atoms with E-state index in [0.29, 0.717) is 6.20 Å². The first-order chi connectivity index (χ1) is 16.8. The van der Waals surface area contributed by atoms with E-state index < -0.39 is 41.3 Å². The summed E-state index contributed by atoms with van der Waals surface area (Å²) >= 11 is 0. The summed E-state index contributed by atoms with van der Waals surface area (Å²) in [6.45, 7) is 1.53. The van der Waals surface area contributed by atoms with Crippen molar-refractivity contribution in [1.29, 1.82) is 0 Å². The number of aromatic nitrogens is 6. The summed E-state index contributed by atoms with van der Waals surface area (Å²) in [6.07, 6.45) is -6.33. The van der Waals surface area contributed by atoms with Gasteiger partial charge in [0.2, 0.25) is 0 Å². The van der Waals surface area contributed by atoms with E-state index in [1.54, 1.807) is 0 Å². The van der Waals surface area contributed by atoms with Gasteiger partial charge in [0.05, 0.1) is 34.7 Å². The lowest BCUT2D eigenvalue weighted by Crippen LogP contribution is -2.32. The average Bonchev–Trinajstić information content (AvgIpc) is 2.82. The van der Waals surface area contributed by atoms with E-state index in [1.807, 2.05) is 0 Å². The van der Waals surface area contributed by atoms with Crippen LogP contribution in [0.3, 0.4) is 0 Å². The van der Waals surface area contributed by atoms with Crippen LogP contribution in [-0.4, -0.2) is 36.2 Å². The number of hydrogen-bond acceptors (Lipinski definition) is 9. The first-order valence-electron chi connectivity index (χ1n) is 10.2. The zero-order chi connectivity index (χ0) is 26.3. The third kappa shape index (κ3) is 5.16. The van der Waals surface area contributed by atoms with Crippen molar-refractivity contribution in [2.45, 2.75) is 31.4 Å². The number of nitrogens with two attached hydrogens (primary N) is 2. The molecule has 15 heteroatoms. The number of nitrogens with one attached hydrogen (secondary N) is 1. The minimum atomic E-state index is -4.81. The number of alkyl halides is 6. The van der Waals surface area contributed by atoms with Crippen LogP contribution in [0.4, 0.5) is 37.8 Å². The topological polar surface area (TPSA) is 141 Å². The molecule has 0 aliphatic heterocycles. The van der Waals surface area contributed by atoms with Gasteiger partial charge in [-0.25, -0.2) is 19.9 Å². The summed E-state index contributed by atoms with van der Waals surface area (Å²) in [5.41, 5.74) is 8.84. The molecule has 2 atom stereocenters. The highest BCUT2D eigenvalue weighted by atomic mass is 19.4. The largest absolute Gasteiger partial charge is 0.418 e. The molecule has 2 unspecified atom stereocenters. The maximum Gasteiger partial charge on any atom is 0.418 e. The molecule has 0 radical (unpaired) electrons. The van der Waals surface area contributed by atoms with E-state index >= 15 is 0 Å². The highest BCUT2D eigenvalue weighted by Gasteiger charge is 2.37. The van der Waals surface area contributed by atoms with Crippen molar-refractivity contribution in [3.05, 3.63) is 59.7 Å². The Morgan fingerprint density at radius 3 is 2.25 bits per heavy atom. The van der Waals surface area contributed by atoms with Crippen LogP contribution in [0.25, 0.3) is 22.6 Å². The highest BCUT2D eigenvalue weighted by molar-refractivity contribution is 5.87. The van der Waals surface area contributed by atoms with Gasteiger partial charge in [-0.05, 0) is 31.2 Å². The Hall–Kier alpha value is -3.98. The molecule has 36 heavy (non-hydrogen) atoms. The maximum absolute atomic E-state index is 13.8. The molecule has 188 valence electrons. The summed E-state index contributed by atoms with van der Waals surface area (Å²) in [4.78, 5) is 16.0. The molecule has 0 saturated carbocycles. The molecule has 0 aliphatic rings. The molecule has 4 aromatic heterocycles. The predicted octanol–water partition coefficient (Wildman–Crippen LogP) is 4.01. The van der Waals surface area contributed by atoms with Gasteiger partial charge in [0, 0.05) is 18.4 Å². The zero-order valence-corrected chi connectivity index (χ0v) is 18.3. The predicted molar refractivity (Wildman–Crippen MR) is 116 cm³/mol. The third-order valence-corrected chi connectivity index (χ3v) is 5.07. The molecule has 9 nitrogen and oxygen atoms in total. The summed E-state index contributed by atoms with van der Waals surface area (Å²) in [5.74, 6) is 0.0765. The van der Waals surface area contributed by atoms with Crippen LogP contribution in [0.5, 0.6) is 0 Å². The van der Waals surface area contributed by atoms with Gasteiger partial charge >= 0.3 is 12.4 Å². The lowest BCUT2D eigenvalue weighted by atomic mass is 10.0. The Bertz CT molecular complexity index is 1390. The average molecular weight is 509 g/mol. The quantitative estimate of drug-likeness (QED) is 0.340. The molecule has 0 aromatic carbocycles. The summed E-state index contributed by atoms with van der Waals surface area (Å²) in [7, 11) is 0. The zero-order valence-electron chi connectivity index (χ0n) is 18.3. The number of nitrogens with zero attached hydrogens (tertiary/aromatic N) is 6. The van der Waals surface area contributed by atoms with E-state index in [1.165, 1.54) is 19.2 Å². The van der Waals surface area contributed by atoms with Gasteiger partial charge in [-0.15, -0.1) is 5.10 Å². The maximum atomic E-state index is 13.8. The summed E-state index contributed by atoms with van der Waals surface area (Å²) < 4.78 is 79.7. The van der Waals surface area contributed by atoms with Gasteiger partial charge in [0.15, 0.2) is 5.65 Å². The molecule has 4 rings (SSSR count). The monoisotopic (exact) mass is 509 g/mol. The first-order valence-corrected chi connectivity index (χ1v) is 10.2. The summed E-state index contributed by atoms with van der Waals surface area (Å²) in [5, 5.41) is 10.3. The fourth-order valence-electron chi connectivity index (χ4n) is 3.15. The Labute approximate surface area is 199 Å². The van der Waals surface area contributed by atoms with Crippen LogP contribution in [0.2, 0.25) is 0 Å². The molecule has 0 bridgehead atoms. The second-order valence-electron chi connectivity index (χ2n) is 7.75. The number of hydrogen-bond donors (Lipinski definition) is 3. The van der Waals surface area contributed by atoms with E-state index in [-0.39, 0.29) is 34.1 Å². The van der Waals surface area contributed by atoms with Gasteiger partial charge in [0.1, 0.15) is 22.7 Å². The standard InChI is InChI=1S/C21H17F6N9/c1-9(28)16(29)13-6-11(21(25,26)27)17(36-35-13)14-8-32-18-12(4-5-30-19(18)34-14)33-15-3-2-10(7-31-15)20(22,23)24/h2-9,16H,28-29H2,1H3,(H,30,31,33,34). The van der Waals surface area contributed by atoms with Gasteiger partial charge in [-0.3, -0.25) is 0 Å². The molecule has 0 fully saturated rings. The van der Waals surface area contributed by atoms with Crippen molar-refractivity contribution >= 4 is 22.7 Å². The van der Waals surface area contributed by atoms with E-state index in [0.717, 1.165) is 24.4 Å². The normalized spacial score (nSPS) is 14.0. The molecular formula is C21H17F6N9. The Balaban J connectivity index is 1.72. The number of fused-ring (bicyclic) bond motifs is 1. The Kier molecular flexibility index (Phi) is 6.44. The number of halogens is 6. The van der Waals surface area contributed by atoms with E-state index in [2.05, 4.69) is 35.5 Å².